The summed E-state index contributed by atoms with van der Waals surface area (Å²) in [4.78, 5) is 15.3. The van der Waals surface area contributed by atoms with E-state index in [4.69, 9.17) is 19.4 Å². The van der Waals surface area contributed by atoms with E-state index in [2.05, 4.69) is 124 Å². The number of hydrogen-bond donors (Lipinski definition) is 0. The van der Waals surface area contributed by atoms with Gasteiger partial charge in [-0.05, 0) is 54.1 Å². The van der Waals surface area contributed by atoms with E-state index in [9.17, 15) is 0 Å². The molecule has 0 amide bonds. The van der Waals surface area contributed by atoms with Gasteiger partial charge >= 0.3 is 0 Å². The SMILES string of the molecule is c1ccc(-c2nc(-c3ccccc3)nc(-c3ccc(-c4ccccc4)c(-n4c5ccc6oc7ccc8c9ccccc9n9c%10cccc4c%10c5c6c7c89)c3)n2)cc1. The first-order chi connectivity index (χ1) is 28.3. The van der Waals surface area contributed by atoms with Crippen LogP contribution in [-0.4, -0.2) is 23.9 Å². The molecule has 13 rings (SSSR count). The molecule has 13 aromatic rings. The molecule has 0 radical (unpaired) electrons. The van der Waals surface area contributed by atoms with Crippen molar-refractivity contribution in [2.45, 2.75) is 0 Å². The van der Waals surface area contributed by atoms with Crippen LogP contribution in [0.4, 0.5) is 0 Å². The smallest absolute Gasteiger partial charge is 0.164 e. The third-order valence-corrected chi connectivity index (χ3v) is 11.7. The fourth-order valence-corrected chi connectivity index (χ4v) is 9.28. The van der Waals surface area contributed by atoms with Crippen LogP contribution in [0.25, 0.3) is 122 Å². The Morgan fingerprint density at radius 2 is 0.947 bits per heavy atom. The van der Waals surface area contributed by atoms with Gasteiger partial charge in [-0.15, -0.1) is 0 Å². The minimum Gasteiger partial charge on any atom is -0.456 e. The zero-order valence-electron chi connectivity index (χ0n) is 30.4. The lowest BCUT2D eigenvalue weighted by atomic mass is 10.0. The second-order valence-electron chi connectivity index (χ2n) is 14.8. The molecule has 0 spiro atoms. The normalized spacial score (nSPS) is 12.2. The Morgan fingerprint density at radius 3 is 1.68 bits per heavy atom. The minimum absolute atomic E-state index is 0.611. The number of rotatable bonds is 5. The van der Waals surface area contributed by atoms with Crippen molar-refractivity contribution in [3.8, 4) is 51.0 Å². The van der Waals surface area contributed by atoms with Crippen LogP contribution in [0.5, 0.6) is 0 Å². The third kappa shape index (κ3) is 4.21. The van der Waals surface area contributed by atoms with E-state index in [1.807, 2.05) is 60.7 Å². The summed E-state index contributed by atoms with van der Waals surface area (Å²) >= 11 is 0. The van der Waals surface area contributed by atoms with Crippen molar-refractivity contribution in [3.63, 3.8) is 0 Å². The average molecular weight is 728 g/mol. The maximum Gasteiger partial charge on any atom is 0.164 e. The average Bonchev–Trinajstić information content (AvgIpc) is 3.91. The topological polar surface area (TPSA) is 61.2 Å². The van der Waals surface area contributed by atoms with Gasteiger partial charge in [0.05, 0.1) is 38.7 Å². The molecular formula is C51H29N5O. The highest BCUT2D eigenvalue weighted by atomic mass is 16.3. The molecule has 6 heteroatoms. The van der Waals surface area contributed by atoms with E-state index in [0.29, 0.717) is 17.5 Å². The van der Waals surface area contributed by atoms with Crippen LogP contribution >= 0.6 is 0 Å². The molecule has 0 saturated heterocycles. The highest BCUT2D eigenvalue weighted by Gasteiger charge is 2.27. The minimum atomic E-state index is 0.611. The molecule has 0 aliphatic rings. The fraction of sp³-hybridized carbons (Fsp3) is 0. The predicted molar refractivity (Wildman–Crippen MR) is 232 cm³/mol. The maximum atomic E-state index is 6.67. The van der Waals surface area contributed by atoms with Gasteiger partial charge in [-0.1, -0.05) is 127 Å². The lowest BCUT2D eigenvalue weighted by Crippen LogP contribution is -2.02. The maximum absolute atomic E-state index is 6.67. The molecule has 0 N–H and O–H groups in total. The largest absolute Gasteiger partial charge is 0.456 e. The molecule has 0 bridgehead atoms. The van der Waals surface area contributed by atoms with Crippen molar-refractivity contribution in [2.24, 2.45) is 0 Å². The molecule has 5 heterocycles. The van der Waals surface area contributed by atoms with Crippen LogP contribution in [0.3, 0.4) is 0 Å². The first-order valence-corrected chi connectivity index (χ1v) is 19.2. The second kappa shape index (κ2) is 11.4. The van der Waals surface area contributed by atoms with Gasteiger partial charge in [-0.3, -0.25) is 0 Å². The Labute approximate surface area is 325 Å². The fourth-order valence-electron chi connectivity index (χ4n) is 9.28. The number of aromatic nitrogens is 5. The van der Waals surface area contributed by atoms with E-state index in [1.165, 1.54) is 32.6 Å². The summed E-state index contributed by atoms with van der Waals surface area (Å²) in [5.41, 5.74) is 13.6. The van der Waals surface area contributed by atoms with Crippen LogP contribution in [0.1, 0.15) is 0 Å². The van der Waals surface area contributed by atoms with Gasteiger partial charge in [0, 0.05) is 49.2 Å². The molecule has 0 aliphatic heterocycles. The quantitative estimate of drug-likeness (QED) is 0.177. The number of hydrogen-bond acceptors (Lipinski definition) is 4. The Hall–Kier alpha value is -7.83. The number of nitrogens with zero attached hydrogens (tertiary/aromatic N) is 5. The van der Waals surface area contributed by atoms with Crippen LogP contribution in [-0.2, 0) is 0 Å². The highest BCUT2D eigenvalue weighted by Crippen LogP contribution is 2.49. The summed E-state index contributed by atoms with van der Waals surface area (Å²) in [6, 6.07) is 61.7. The van der Waals surface area contributed by atoms with Crippen LogP contribution in [0.15, 0.2) is 180 Å². The van der Waals surface area contributed by atoms with Crippen molar-refractivity contribution in [1.82, 2.24) is 23.9 Å². The van der Waals surface area contributed by atoms with Gasteiger partial charge in [0.1, 0.15) is 11.2 Å². The van der Waals surface area contributed by atoms with E-state index >= 15 is 0 Å². The van der Waals surface area contributed by atoms with Crippen molar-refractivity contribution in [3.05, 3.63) is 176 Å². The van der Waals surface area contributed by atoms with E-state index in [0.717, 1.165) is 72.0 Å². The Bertz CT molecular complexity index is 3620. The summed E-state index contributed by atoms with van der Waals surface area (Å²) in [7, 11) is 0. The van der Waals surface area contributed by atoms with Crippen LogP contribution < -0.4 is 0 Å². The zero-order valence-corrected chi connectivity index (χ0v) is 30.4. The Kier molecular flexibility index (Phi) is 6.07. The molecule has 0 atom stereocenters. The van der Waals surface area contributed by atoms with Gasteiger partial charge < -0.3 is 13.4 Å². The molecule has 0 saturated carbocycles. The summed E-state index contributed by atoms with van der Waals surface area (Å²) in [5, 5.41) is 7.16. The van der Waals surface area contributed by atoms with E-state index in [-0.39, 0.29) is 0 Å². The molecule has 0 aliphatic carbocycles. The molecule has 5 aromatic heterocycles. The van der Waals surface area contributed by atoms with Crippen molar-refractivity contribution < 1.29 is 4.42 Å². The third-order valence-electron chi connectivity index (χ3n) is 11.7. The summed E-state index contributed by atoms with van der Waals surface area (Å²) in [5.74, 6) is 1.87. The molecule has 8 aromatic carbocycles. The lowest BCUT2D eigenvalue weighted by molar-refractivity contribution is 0.669. The first kappa shape index (κ1) is 30.5. The summed E-state index contributed by atoms with van der Waals surface area (Å²) < 4.78 is 11.6. The molecule has 6 nitrogen and oxygen atoms in total. The standard InChI is InChI=1S/C51H29N5O/c1-4-13-30(14-5-1)34-24-23-33(51-53-49(31-15-6-2-7-16-31)52-50(54-51)32-17-8-3-9-18-32)29-41(34)55-38-21-12-22-39-44(38)45-40(55)26-28-42-46(45)47-43(57-42)27-25-36-35-19-10-11-20-37(35)56(39)48(36)47/h1-29H. The van der Waals surface area contributed by atoms with Gasteiger partial charge in [-0.2, -0.15) is 0 Å². The Balaban J connectivity index is 1.16. The predicted octanol–water partition coefficient (Wildman–Crippen LogP) is 13.0. The van der Waals surface area contributed by atoms with Crippen molar-refractivity contribution in [1.29, 1.82) is 0 Å². The summed E-state index contributed by atoms with van der Waals surface area (Å²) in [6.45, 7) is 0. The van der Waals surface area contributed by atoms with Crippen molar-refractivity contribution >= 4 is 71.1 Å². The lowest BCUT2D eigenvalue weighted by Gasteiger charge is -2.16. The van der Waals surface area contributed by atoms with Gasteiger partial charge in [0.15, 0.2) is 17.5 Å². The van der Waals surface area contributed by atoms with E-state index < -0.39 is 0 Å². The highest BCUT2D eigenvalue weighted by molar-refractivity contribution is 6.37. The number of fused-ring (bicyclic) bond motifs is 4. The molecule has 0 fully saturated rings. The van der Waals surface area contributed by atoms with Gasteiger partial charge in [0.2, 0.25) is 0 Å². The number of para-hydroxylation sites is 1. The second-order valence-corrected chi connectivity index (χ2v) is 14.8. The number of furan rings is 1. The first-order valence-electron chi connectivity index (χ1n) is 19.2. The molecular weight excluding hydrogens is 699 g/mol. The summed E-state index contributed by atoms with van der Waals surface area (Å²) in [6.07, 6.45) is 0. The number of benzene rings is 8. The van der Waals surface area contributed by atoms with Gasteiger partial charge in [0.25, 0.3) is 0 Å². The van der Waals surface area contributed by atoms with Gasteiger partial charge in [-0.25, -0.2) is 15.0 Å². The van der Waals surface area contributed by atoms with Crippen LogP contribution in [0, 0.1) is 0 Å². The monoisotopic (exact) mass is 727 g/mol. The van der Waals surface area contributed by atoms with Crippen molar-refractivity contribution in [2.75, 3.05) is 0 Å². The van der Waals surface area contributed by atoms with Crippen LogP contribution in [0.2, 0.25) is 0 Å². The van der Waals surface area contributed by atoms with E-state index in [1.54, 1.807) is 0 Å². The zero-order chi connectivity index (χ0) is 37.2. The Morgan fingerprint density at radius 1 is 0.368 bits per heavy atom. The molecule has 57 heavy (non-hydrogen) atoms. The molecule has 0 unspecified atom stereocenters. The molecule has 264 valence electrons.